The molecule has 0 spiro atoms. The molecule has 3 nitrogen and oxygen atoms in total. The van der Waals surface area contributed by atoms with E-state index < -0.39 is 0 Å². The summed E-state index contributed by atoms with van der Waals surface area (Å²) in [7, 11) is 0. The minimum absolute atomic E-state index is 0.0253. The number of hydrogen-bond acceptors (Lipinski definition) is 2. The van der Waals surface area contributed by atoms with E-state index in [4.69, 9.17) is 0 Å². The second kappa shape index (κ2) is 3.26. The summed E-state index contributed by atoms with van der Waals surface area (Å²) in [6.45, 7) is 1.88. The van der Waals surface area contributed by atoms with E-state index in [2.05, 4.69) is 11.4 Å². The maximum absolute atomic E-state index is 12.0. The number of rotatable bonds is 1. The monoisotopic (exact) mass is 202 g/mol. The molecule has 0 bridgehead atoms. The van der Waals surface area contributed by atoms with Gasteiger partial charge in [0, 0.05) is 25.2 Å². The van der Waals surface area contributed by atoms with E-state index in [0.29, 0.717) is 0 Å². The number of fused-ring (bicyclic) bond motifs is 1. The molecule has 0 aromatic heterocycles. The molecule has 1 fully saturated rings. The number of likely N-dealkylation sites (tertiary alicyclic amines) is 1. The Morgan fingerprint density at radius 3 is 2.80 bits per heavy atom. The van der Waals surface area contributed by atoms with Crippen LogP contribution in [-0.4, -0.2) is 29.9 Å². The minimum atomic E-state index is -0.0253. The van der Waals surface area contributed by atoms with Gasteiger partial charge in [0.15, 0.2) is 0 Å². The molecule has 2 aliphatic heterocycles. The number of amides is 1. The molecule has 3 heteroatoms. The SMILES string of the molecule is O=C([C@@H]1Cc2ccccc2N1)N1CCC1. The van der Waals surface area contributed by atoms with Crippen molar-refractivity contribution >= 4 is 11.6 Å². The molecule has 0 radical (unpaired) electrons. The fourth-order valence-electron chi connectivity index (χ4n) is 2.20. The van der Waals surface area contributed by atoms with E-state index in [-0.39, 0.29) is 11.9 Å². The predicted molar refractivity (Wildman–Crippen MR) is 58.8 cm³/mol. The van der Waals surface area contributed by atoms with Crippen LogP contribution in [0.3, 0.4) is 0 Å². The molecule has 1 aromatic rings. The van der Waals surface area contributed by atoms with E-state index in [1.807, 2.05) is 23.1 Å². The Bertz CT molecular complexity index is 373. The highest BCUT2D eigenvalue weighted by molar-refractivity contribution is 5.87. The van der Waals surface area contributed by atoms with Crippen molar-refractivity contribution in [1.82, 2.24) is 4.90 Å². The second-order valence-corrected chi connectivity index (χ2v) is 4.24. The Morgan fingerprint density at radius 2 is 2.13 bits per heavy atom. The molecule has 78 valence electrons. The van der Waals surface area contributed by atoms with Crippen LogP contribution in [-0.2, 0) is 11.2 Å². The zero-order valence-electron chi connectivity index (χ0n) is 8.57. The van der Waals surface area contributed by atoms with E-state index in [1.165, 1.54) is 5.56 Å². The first-order chi connectivity index (χ1) is 7.34. The topological polar surface area (TPSA) is 32.3 Å². The van der Waals surface area contributed by atoms with E-state index in [0.717, 1.165) is 31.6 Å². The van der Waals surface area contributed by atoms with Crippen LogP contribution >= 0.6 is 0 Å². The molecule has 3 rings (SSSR count). The molecule has 1 atom stereocenters. The lowest BCUT2D eigenvalue weighted by Crippen LogP contribution is -2.49. The molecule has 0 unspecified atom stereocenters. The van der Waals surface area contributed by atoms with Crippen molar-refractivity contribution in [1.29, 1.82) is 0 Å². The highest BCUT2D eigenvalue weighted by atomic mass is 16.2. The van der Waals surface area contributed by atoms with Crippen LogP contribution in [0.15, 0.2) is 24.3 Å². The molecule has 15 heavy (non-hydrogen) atoms. The van der Waals surface area contributed by atoms with Crippen LogP contribution in [0.25, 0.3) is 0 Å². The molecule has 1 saturated heterocycles. The van der Waals surface area contributed by atoms with Crippen LogP contribution in [0.2, 0.25) is 0 Å². The summed E-state index contributed by atoms with van der Waals surface area (Å²) in [5.74, 6) is 0.262. The van der Waals surface area contributed by atoms with Gasteiger partial charge in [-0.1, -0.05) is 18.2 Å². The zero-order chi connectivity index (χ0) is 10.3. The van der Waals surface area contributed by atoms with E-state index in [9.17, 15) is 4.79 Å². The lowest BCUT2D eigenvalue weighted by molar-refractivity contribution is -0.135. The van der Waals surface area contributed by atoms with Crippen molar-refractivity contribution in [2.45, 2.75) is 18.9 Å². The fraction of sp³-hybridized carbons (Fsp3) is 0.417. The third-order valence-electron chi connectivity index (χ3n) is 3.24. The third kappa shape index (κ3) is 1.39. The van der Waals surface area contributed by atoms with Crippen LogP contribution in [0.1, 0.15) is 12.0 Å². The summed E-state index contributed by atoms with van der Waals surface area (Å²) in [6.07, 6.45) is 2.00. The van der Waals surface area contributed by atoms with Gasteiger partial charge in [-0.05, 0) is 18.1 Å². The molecule has 0 saturated carbocycles. The average molecular weight is 202 g/mol. The number of carbonyl (C=O) groups excluding carboxylic acids is 1. The second-order valence-electron chi connectivity index (χ2n) is 4.24. The lowest BCUT2D eigenvalue weighted by Gasteiger charge is -2.33. The highest BCUT2D eigenvalue weighted by Crippen LogP contribution is 2.26. The first-order valence-electron chi connectivity index (χ1n) is 5.48. The molecule has 1 N–H and O–H groups in total. The van der Waals surface area contributed by atoms with Gasteiger partial charge in [-0.3, -0.25) is 4.79 Å². The van der Waals surface area contributed by atoms with Crippen molar-refractivity contribution in [3.05, 3.63) is 29.8 Å². The molecule has 1 aromatic carbocycles. The summed E-state index contributed by atoms with van der Waals surface area (Å²) in [5, 5.41) is 3.29. The average Bonchev–Trinajstić information content (AvgIpc) is 2.58. The van der Waals surface area contributed by atoms with Crippen LogP contribution in [0, 0.1) is 0 Å². The summed E-state index contributed by atoms with van der Waals surface area (Å²) in [6, 6.07) is 8.13. The maximum atomic E-state index is 12.0. The normalized spacial score (nSPS) is 22.9. The van der Waals surface area contributed by atoms with Crippen molar-refractivity contribution in [3.63, 3.8) is 0 Å². The van der Waals surface area contributed by atoms with Gasteiger partial charge in [-0.2, -0.15) is 0 Å². The number of nitrogens with zero attached hydrogens (tertiary/aromatic N) is 1. The summed E-state index contributed by atoms with van der Waals surface area (Å²) in [4.78, 5) is 13.9. The number of anilines is 1. The van der Waals surface area contributed by atoms with E-state index in [1.54, 1.807) is 0 Å². The van der Waals surface area contributed by atoms with Crippen molar-refractivity contribution in [2.75, 3.05) is 18.4 Å². The molecule has 2 heterocycles. The Labute approximate surface area is 89.1 Å². The first kappa shape index (κ1) is 8.77. The highest BCUT2D eigenvalue weighted by Gasteiger charge is 2.31. The van der Waals surface area contributed by atoms with Crippen LogP contribution in [0.5, 0.6) is 0 Å². The van der Waals surface area contributed by atoms with Gasteiger partial charge in [-0.15, -0.1) is 0 Å². The predicted octanol–water partition coefficient (Wildman–Crippen LogP) is 1.26. The Hall–Kier alpha value is -1.51. The standard InChI is InChI=1S/C12H14N2O/c15-12(14-6-3-7-14)11-8-9-4-1-2-5-10(9)13-11/h1-2,4-5,11,13H,3,6-8H2/t11-/m0/s1. The fourth-order valence-corrected chi connectivity index (χ4v) is 2.20. The lowest BCUT2D eigenvalue weighted by atomic mass is 10.1. The number of benzene rings is 1. The van der Waals surface area contributed by atoms with Crippen LogP contribution in [0.4, 0.5) is 5.69 Å². The summed E-state index contributed by atoms with van der Waals surface area (Å²) < 4.78 is 0. The van der Waals surface area contributed by atoms with Gasteiger partial charge < -0.3 is 10.2 Å². The van der Waals surface area contributed by atoms with Gasteiger partial charge in [0.25, 0.3) is 0 Å². The number of nitrogens with one attached hydrogen (secondary N) is 1. The van der Waals surface area contributed by atoms with E-state index >= 15 is 0 Å². The summed E-state index contributed by atoms with van der Waals surface area (Å²) in [5.41, 5.74) is 2.38. The van der Waals surface area contributed by atoms with Crippen LogP contribution < -0.4 is 5.32 Å². The van der Waals surface area contributed by atoms with Crippen molar-refractivity contribution in [2.24, 2.45) is 0 Å². The molecular weight excluding hydrogens is 188 g/mol. The third-order valence-corrected chi connectivity index (χ3v) is 3.24. The maximum Gasteiger partial charge on any atom is 0.245 e. The van der Waals surface area contributed by atoms with Gasteiger partial charge in [0.2, 0.25) is 5.91 Å². The minimum Gasteiger partial charge on any atom is -0.373 e. The van der Waals surface area contributed by atoms with Gasteiger partial charge in [0.05, 0.1) is 0 Å². The molecular formula is C12H14N2O. The van der Waals surface area contributed by atoms with Gasteiger partial charge in [-0.25, -0.2) is 0 Å². The van der Waals surface area contributed by atoms with Gasteiger partial charge >= 0.3 is 0 Å². The largest absolute Gasteiger partial charge is 0.373 e. The van der Waals surface area contributed by atoms with Crippen molar-refractivity contribution in [3.8, 4) is 0 Å². The quantitative estimate of drug-likeness (QED) is 0.743. The zero-order valence-corrected chi connectivity index (χ0v) is 8.57. The summed E-state index contributed by atoms with van der Waals surface area (Å²) >= 11 is 0. The Morgan fingerprint density at radius 1 is 1.33 bits per heavy atom. The first-order valence-corrected chi connectivity index (χ1v) is 5.48. The molecule has 0 aliphatic carbocycles. The molecule has 1 amide bonds. The number of carbonyl (C=O) groups is 1. The Kier molecular flexibility index (Phi) is 1.91. The smallest absolute Gasteiger partial charge is 0.245 e. The molecule has 2 aliphatic rings. The Balaban J connectivity index is 1.75. The van der Waals surface area contributed by atoms with Gasteiger partial charge in [0.1, 0.15) is 6.04 Å². The number of hydrogen-bond donors (Lipinski definition) is 1. The number of para-hydroxylation sites is 1. The van der Waals surface area contributed by atoms with Crippen molar-refractivity contribution < 1.29 is 4.79 Å².